The van der Waals surface area contributed by atoms with Crippen molar-refractivity contribution in [3.8, 4) is 0 Å². The molecule has 2 rings (SSSR count). The Hall–Kier alpha value is -1.44. The number of hydrogen-bond donors (Lipinski definition) is 0. The van der Waals surface area contributed by atoms with Crippen LogP contribution in [0.3, 0.4) is 0 Å². The molecule has 15 heavy (non-hydrogen) atoms. The normalized spacial score (nSPS) is 17.1. The van der Waals surface area contributed by atoms with E-state index in [-0.39, 0.29) is 5.78 Å². The van der Waals surface area contributed by atoms with Gasteiger partial charge in [0.1, 0.15) is 0 Å². The molecule has 0 N–H and O–H groups in total. The molecule has 0 saturated carbocycles. The molecule has 0 aromatic carbocycles. The first-order valence-corrected chi connectivity index (χ1v) is 5.46. The van der Waals surface area contributed by atoms with E-state index in [1.54, 1.807) is 12.4 Å². The van der Waals surface area contributed by atoms with Crippen LogP contribution in [-0.2, 0) is 11.2 Å². The second-order valence-electron chi connectivity index (χ2n) is 4.01. The predicted octanol–water partition coefficient (Wildman–Crippen LogP) is 2.69. The van der Waals surface area contributed by atoms with Crippen molar-refractivity contribution in [3.05, 3.63) is 41.7 Å². The number of aromatic nitrogens is 1. The first-order chi connectivity index (χ1) is 7.34. The number of carbonyl (C=O) groups excluding carboxylic acids is 1. The van der Waals surface area contributed by atoms with Gasteiger partial charge in [0.2, 0.25) is 0 Å². The molecule has 0 bridgehead atoms. The lowest BCUT2D eigenvalue weighted by Crippen LogP contribution is -1.94. The fraction of sp³-hybridized carbons (Fsp3) is 0.385. The lowest BCUT2D eigenvalue weighted by Gasteiger charge is -2.04. The Morgan fingerprint density at radius 2 is 1.87 bits per heavy atom. The van der Waals surface area contributed by atoms with Crippen molar-refractivity contribution in [1.82, 2.24) is 4.98 Å². The average molecular weight is 201 g/mol. The fourth-order valence-electron chi connectivity index (χ4n) is 1.93. The van der Waals surface area contributed by atoms with E-state index in [2.05, 4.69) is 4.98 Å². The van der Waals surface area contributed by atoms with Gasteiger partial charge in [0.25, 0.3) is 0 Å². The van der Waals surface area contributed by atoms with E-state index in [1.807, 2.05) is 18.2 Å². The Bertz CT molecular complexity index is 367. The largest absolute Gasteiger partial charge is 0.295 e. The Kier molecular flexibility index (Phi) is 3.28. The molecule has 0 unspecified atom stereocenters. The molecule has 78 valence electrons. The third-order valence-corrected chi connectivity index (χ3v) is 2.72. The molecule has 0 spiro atoms. The number of pyridine rings is 1. The minimum absolute atomic E-state index is 0.288. The first kappa shape index (κ1) is 10.1. The minimum Gasteiger partial charge on any atom is -0.295 e. The van der Waals surface area contributed by atoms with E-state index in [1.165, 1.54) is 11.1 Å². The number of ketones is 1. The quantitative estimate of drug-likeness (QED) is 0.736. The topological polar surface area (TPSA) is 30.0 Å². The van der Waals surface area contributed by atoms with E-state index in [0.717, 1.165) is 32.1 Å². The number of allylic oxidation sites excluding steroid dienone is 2. The minimum atomic E-state index is 0.288. The van der Waals surface area contributed by atoms with E-state index >= 15 is 0 Å². The van der Waals surface area contributed by atoms with Gasteiger partial charge in [-0.25, -0.2) is 0 Å². The molecule has 0 atom stereocenters. The molecule has 1 aromatic rings. The molecule has 1 heterocycles. The second-order valence-corrected chi connectivity index (χ2v) is 4.01. The van der Waals surface area contributed by atoms with Crippen molar-refractivity contribution in [2.45, 2.75) is 32.1 Å². The van der Waals surface area contributed by atoms with Gasteiger partial charge in [-0.1, -0.05) is 5.57 Å². The van der Waals surface area contributed by atoms with Gasteiger partial charge in [-0.15, -0.1) is 0 Å². The molecule has 1 aliphatic rings. The van der Waals surface area contributed by atoms with Crippen LogP contribution in [0.15, 0.2) is 36.2 Å². The molecule has 2 nitrogen and oxygen atoms in total. The molecule has 0 radical (unpaired) electrons. The molecular formula is C13H15NO. The monoisotopic (exact) mass is 201 g/mol. The van der Waals surface area contributed by atoms with Crippen molar-refractivity contribution in [3.63, 3.8) is 0 Å². The Labute approximate surface area is 90.0 Å². The Balaban J connectivity index is 2.08. The highest BCUT2D eigenvalue weighted by molar-refractivity contribution is 5.90. The van der Waals surface area contributed by atoms with Gasteiger partial charge in [-0.05, 0) is 49.5 Å². The molecule has 0 amide bonds. The number of rotatable bonds is 2. The lowest BCUT2D eigenvalue weighted by atomic mass is 10.0. The zero-order valence-corrected chi connectivity index (χ0v) is 8.78. The van der Waals surface area contributed by atoms with Crippen LogP contribution in [0.1, 0.15) is 31.2 Å². The fourth-order valence-corrected chi connectivity index (χ4v) is 1.93. The molecule has 0 saturated heterocycles. The summed E-state index contributed by atoms with van der Waals surface area (Å²) in [6.45, 7) is 0. The van der Waals surface area contributed by atoms with Crippen molar-refractivity contribution in [2.75, 3.05) is 0 Å². The van der Waals surface area contributed by atoms with Crippen molar-refractivity contribution in [1.29, 1.82) is 0 Å². The Morgan fingerprint density at radius 1 is 1.13 bits per heavy atom. The first-order valence-electron chi connectivity index (χ1n) is 5.46. The van der Waals surface area contributed by atoms with Gasteiger partial charge in [-0.2, -0.15) is 0 Å². The highest BCUT2D eigenvalue weighted by Crippen LogP contribution is 2.18. The zero-order valence-electron chi connectivity index (χ0n) is 8.78. The van der Waals surface area contributed by atoms with Crippen LogP contribution in [0, 0.1) is 0 Å². The summed E-state index contributed by atoms with van der Waals surface area (Å²) in [5.41, 5.74) is 2.51. The van der Waals surface area contributed by atoms with Crippen molar-refractivity contribution in [2.24, 2.45) is 0 Å². The molecule has 2 heteroatoms. The van der Waals surface area contributed by atoms with Gasteiger partial charge in [0.05, 0.1) is 0 Å². The third-order valence-electron chi connectivity index (χ3n) is 2.72. The van der Waals surface area contributed by atoms with Crippen LogP contribution in [0.2, 0.25) is 0 Å². The van der Waals surface area contributed by atoms with Crippen LogP contribution < -0.4 is 0 Å². The summed E-state index contributed by atoms with van der Waals surface area (Å²) in [6, 6.07) is 4.02. The summed E-state index contributed by atoms with van der Waals surface area (Å²) in [5.74, 6) is 0.288. The lowest BCUT2D eigenvalue weighted by molar-refractivity contribution is -0.114. The standard InChI is InChI=1S/C13H15NO/c15-13-4-2-1-3-12(10-13)9-11-5-7-14-8-6-11/h5-8,10H,1-4,9H2. The van der Waals surface area contributed by atoms with Crippen LogP contribution in [0.4, 0.5) is 0 Å². The van der Waals surface area contributed by atoms with Crippen molar-refractivity contribution < 1.29 is 4.79 Å². The number of nitrogens with zero attached hydrogens (tertiary/aromatic N) is 1. The van der Waals surface area contributed by atoms with Crippen LogP contribution in [0.5, 0.6) is 0 Å². The number of hydrogen-bond acceptors (Lipinski definition) is 2. The van der Waals surface area contributed by atoms with Crippen molar-refractivity contribution >= 4 is 5.78 Å². The highest BCUT2D eigenvalue weighted by Gasteiger charge is 2.08. The Morgan fingerprint density at radius 3 is 2.67 bits per heavy atom. The highest BCUT2D eigenvalue weighted by atomic mass is 16.1. The maximum absolute atomic E-state index is 11.4. The maximum atomic E-state index is 11.4. The molecule has 1 aliphatic carbocycles. The van der Waals surface area contributed by atoms with Gasteiger partial charge < -0.3 is 0 Å². The van der Waals surface area contributed by atoms with Gasteiger partial charge in [0, 0.05) is 18.8 Å². The SMILES string of the molecule is O=C1C=C(Cc2ccncc2)CCCC1. The number of carbonyl (C=O) groups is 1. The summed E-state index contributed by atoms with van der Waals surface area (Å²) in [7, 11) is 0. The van der Waals surface area contributed by atoms with E-state index < -0.39 is 0 Å². The van der Waals surface area contributed by atoms with E-state index in [9.17, 15) is 4.79 Å². The second kappa shape index (κ2) is 4.87. The van der Waals surface area contributed by atoms with Crippen LogP contribution >= 0.6 is 0 Å². The van der Waals surface area contributed by atoms with Crippen LogP contribution in [0.25, 0.3) is 0 Å². The average Bonchev–Trinajstić information content (AvgIpc) is 2.44. The maximum Gasteiger partial charge on any atom is 0.155 e. The third kappa shape index (κ3) is 3.01. The molecular weight excluding hydrogens is 186 g/mol. The molecule has 0 fully saturated rings. The van der Waals surface area contributed by atoms with Gasteiger partial charge in [0.15, 0.2) is 5.78 Å². The van der Waals surface area contributed by atoms with E-state index in [4.69, 9.17) is 0 Å². The summed E-state index contributed by atoms with van der Waals surface area (Å²) in [6.07, 6.45) is 10.3. The molecule has 0 aliphatic heterocycles. The zero-order chi connectivity index (χ0) is 10.5. The summed E-state index contributed by atoms with van der Waals surface area (Å²) >= 11 is 0. The molecule has 1 aromatic heterocycles. The van der Waals surface area contributed by atoms with E-state index in [0.29, 0.717) is 0 Å². The summed E-state index contributed by atoms with van der Waals surface area (Å²) < 4.78 is 0. The summed E-state index contributed by atoms with van der Waals surface area (Å²) in [4.78, 5) is 15.4. The van der Waals surface area contributed by atoms with Crippen LogP contribution in [-0.4, -0.2) is 10.8 Å². The smallest absolute Gasteiger partial charge is 0.155 e. The summed E-state index contributed by atoms with van der Waals surface area (Å²) in [5, 5.41) is 0. The van der Waals surface area contributed by atoms with Gasteiger partial charge >= 0.3 is 0 Å². The van der Waals surface area contributed by atoms with Gasteiger partial charge in [-0.3, -0.25) is 9.78 Å². The predicted molar refractivity (Wildman–Crippen MR) is 59.5 cm³/mol.